The molecule has 1 aromatic rings. The van der Waals surface area contributed by atoms with Crippen LogP contribution in [0.25, 0.3) is 0 Å². The molecule has 4 nitrogen and oxygen atoms in total. The lowest BCUT2D eigenvalue weighted by Crippen LogP contribution is -2.56. The molecular formula is C27H42N2O2S. The van der Waals surface area contributed by atoms with Crippen molar-refractivity contribution in [2.75, 3.05) is 20.0 Å². The molecule has 0 N–H and O–H groups in total. The Labute approximate surface area is 198 Å². The summed E-state index contributed by atoms with van der Waals surface area (Å²) < 4.78 is 7.79. The number of thioether (sulfide) groups is 1. The summed E-state index contributed by atoms with van der Waals surface area (Å²) in [5.41, 5.74) is 0.577. The number of carbonyl (C=O) groups excluding carboxylic acids is 1. The third-order valence-corrected chi connectivity index (χ3v) is 11.3. The van der Waals surface area contributed by atoms with Gasteiger partial charge in [0.05, 0.1) is 19.3 Å². The van der Waals surface area contributed by atoms with E-state index in [1.54, 1.807) is 11.8 Å². The Morgan fingerprint density at radius 3 is 2.78 bits per heavy atom. The van der Waals surface area contributed by atoms with Crippen molar-refractivity contribution in [1.82, 2.24) is 9.78 Å². The second-order valence-corrected chi connectivity index (χ2v) is 12.8. The van der Waals surface area contributed by atoms with E-state index in [-0.39, 0.29) is 11.3 Å². The zero-order valence-corrected chi connectivity index (χ0v) is 21.3. The predicted molar refractivity (Wildman–Crippen MR) is 130 cm³/mol. The summed E-state index contributed by atoms with van der Waals surface area (Å²) in [5, 5.41) is 4.43. The molecule has 5 heteroatoms. The van der Waals surface area contributed by atoms with E-state index in [0.29, 0.717) is 23.7 Å². The molecule has 1 aromatic heterocycles. The fraction of sp³-hybridized carbons (Fsp3) is 0.852. The van der Waals surface area contributed by atoms with Crippen molar-refractivity contribution in [2.45, 2.75) is 83.1 Å². The van der Waals surface area contributed by atoms with Gasteiger partial charge in [-0.2, -0.15) is 5.10 Å². The molecule has 0 aliphatic heterocycles. The fourth-order valence-electron chi connectivity index (χ4n) is 9.15. The largest absolute Gasteiger partial charge is 0.384 e. The van der Waals surface area contributed by atoms with E-state index in [0.717, 1.165) is 41.6 Å². The van der Waals surface area contributed by atoms with Crippen molar-refractivity contribution < 1.29 is 9.53 Å². The van der Waals surface area contributed by atoms with Crippen molar-refractivity contribution in [1.29, 1.82) is 0 Å². The van der Waals surface area contributed by atoms with E-state index >= 15 is 0 Å². The summed E-state index contributed by atoms with van der Waals surface area (Å²) in [4.78, 5) is 14.6. The van der Waals surface area contributed by atoms with Crippen LogP contribution in [-0.2, 0) is 16.1 Å². The molecule has 4 aliphatic rings. The first-order chi connectivity index (χ1) is 15.4. The Morgan fingerprint density at radius 1 is 1.19 bits per heavy atom. The molecule has 4 saturated carbocycles. The number of Topliss-reactive ketones (excluding diaryl/α,β-unsaturated/α-hetero) is 1. The van der Waals surface area contributed by atoms with Gasteiger partial charge in [-0.25, -0.2) is 0 Å². The van der Waals surface area contributed by atoms with Crippen molar-refractivity contribution in [3.05, 3.63) is 12.4 Å². The molecule has 4 fully saturated rings. The Kier molecular flexibility index (Phi) is 6.28. The summed E-state index contributed by atoms with van der Waals surface area (Å²) in [6.45, 7) is 6.32. The molecule has 5 rings (SSSR count). The Hall–Kier alpha value is -0.810. The average molecular weight is 459 g/mol. The number of hydrogen-bond acceptors (Lipinski definition) is 4. The van der Waals surface area contributed by atoms with Crippen molar-refractivity contribution in [3.63, 3.8) is 0 Å². The second-order valence-electron chi connectivity index (χ2n) is 11.9. The van der Waals surface area contributed by atoms with Gasteiger partial charge in [-0.05, 0) is 98.0 Å². The number of aromatic nitrogens is 2. The molecule has 4 aliphatic carbocycles. The zero-order chi connectivity index (χ0) is 22.5. The minimum Gasteiger partial charge on any atom is -0.384 e. The minimum absolute atomic E-state index is 0.177. The topological polar surface area (TPSA) is 44.1 Å². The smallest absolute Gasteiger partial charge is 0.157 e. The molecular weight excluding hydrogens is 416 g/mol. The third kappa shape index (κ3) is 3.61. The Balaban J connectivity index is 1.35. The number of hydrogen-bond donors (Lipinski definition) is 0. The fourth-order valence-corrected chi connectivity index (χ4v) is 9.53. The standard InChI is InChI=1S/C27H42N2O2S/c1-18-9-12-27(17-31-3)19(13-18)5-6-21-22-7-8-24(26(22,2)11-10-23(21)27)25(30)16-29-15-20(32-4)14-28-29/h14-15,18-19,21-24H,5-13,16-17H2,1-4H3/t18?,19?,21?,22?,23?,24-,26?,27?/m1/s1. The van der Waals surface area contributed by atoms with Gasteiger partial charge in [0.25, 0.3) is 0 Å². The quantitative estimate of drug-likeness (QED) is 0.484. The average Bonchev–Trinajstić information content (AvgIpc) is 3.37. The van der Waals surface area contributed by atoms with E-state index in [1.807, 2.05) is 24.2 Å². The number of ether oxygens (including phenoxy) is 1. The number of ketones is 1. The number of rotatable bonds is 6. The van der Waals surface area contributed by atoms with E-state index in [4.69, 9.17) is 4.74 Å². The molecule has 0 radical (unpaired) electrons. The van der Waals surface area contributed by atoms with Gasteiger partial charge in [0.1, 0.15) is 0 Å². The second kappa shape index (κ2) is 8.76. The predicted octanol–water partition coefficient (Wildman–Crippen LogP) is 6.10. The number of nitrogens with zero attached hydrogens (tertiary/aromatic N) is 2. The van der Waals surface area contributed by atoms with Gasteiger partial charge in [-0.15, -0.1) is 11.8 Å². The van der Waals surface area contributed by atoms with E-state index in [1.165, 1.54) is 51.4 Å². The summed E-state index contributed by atoms with van der Waals surface area (Å²) in [5.74, 6) is 4.64. The lowest BCUT2D eigenvalue weighted by Gasteiger charge is -2.61. The van der Waals surface area contributed by atoms with Crippen LogP contribution in [0.4, 0.5) is 0 Å². The maximum Gasteiger partial charge on any atom is 0.157 e. The highest BCUT2D eigenvalue weighted by atomic mass is 32.2. The van der Waals surface area contributed by atoms with Crippen LogP contribution < -0.4 is 0 Å². The summed E-state index contributed by atoms with van der Waals surface area (Å²) in [6, 6.07) is 0. The zero-order valence-electron chi connectivity index (χ0n) is 20.5. The van der Waals surface area contributed by atoms with Crippen LogP contribution in [0.3, 0.4) is 0 Å². The lowest BCUT2D eigenvalue weighted by atomic mass is 9.44. The SMILES string of the molecule is COCC12CCC(C)CC1CCC1C2CCC2(C)C1CC[C@@H]2C(=O)Cn1cc(SC)cn1. The van der Waals surface area contributed by atoms with Crippen molar-refractivity contribution in [3.8, 4) is 0 Å². The van der Waals surface area contributed by atoms with Crippen LogP contribution in [0.2, 0.25) is 0 Å². The monoisotopic (exact) mass is 458 g/mol. The van der Waals surface area contributed by atoms with Gasteiger partial charge in [-0.1, -0.05) is 20.3 Å². The molecule has 32 heavy (non-hydrogen) atoms. The van der Waals surface area contributed by atoms with Crippen LogP contribution in [-0.4, -0.2) is 35.5 Å². The highest BCUT2D eigenvalue weighted by Crippen LogP contribution is 2.68. The molecule has 0 amide bonds. The maximum absolute atomic E-state index is 13.5. The van der Waals surface area contributed by atoms with Crippen molar-refractivity contribution >= 4 is 17.5 Å². The molecule has 178 valence electrons. The lowest BCUT2D eigenvalue weighted by molar-refractivity contribution is -0.154. The molecule has 7 unspecified atom stereocenters. The van der Waals surface area contributed by atoms with E-state index in [2.05, 4.69) is 25.2 Å². The summed E-state index contributed by atoms with van der Waals surface area (Å²) in [6.07, 6.45) is 17.7. The highest BCUT2D eigenvalue weighted by Gasteiger charge is 2.62. The van der Waals surface area contributed by atoms with Gasteiger partial charge >= 0.3 is 0 Å². The first kappa shape index (κ1) is 23.0. The van der Waals surface area contributed by atoms with Gasteiger partial charge < -0.3 is 4.74 Å². The van der Waals surface area contributed by atoms with Crippen molar-refractivity contribution in [2.24, 2.45) is 46.3 Å². The Bertz CT molecular complexity index is 839. The molecule has 0 spiro atoms. The first-order valence-electron chi connectivity index (χ1n) is 13.0. The third-order valence-electron chi connectivity index (χ3n) is 10.6. The normalized spacial score (nSPS) is 43.4. The molecule has 0 saturated heterocycles. The van der Waals surface area contributed by atoms with Crippen LogP contribution in [0, 0.1) is 46.3 Å². The minimum atomic E-state index is 0.177. The van der Waals surface area contributed by atoms with Gasteiger partial charge in [0.15, 0.2) is 5.78 Å². The van der Waals surface area contributed by atoms with Crippen LogP contribution >= 0.6 is 11.8 Å². The summed E-state index contributed by atoms with van der Waals surface area (Å²) in [7, 11) is 1.92. The highest BCUT2D eigenvalue weighted by molar-refractivity contribution is 7.98. The molecule has 0 bridgehead atoms. The maximum atomic E-state index is 13.5. The van der Waals surface area contributed by atoms with Crippen LogP contribution in [0.5, 0.6) is 0 Å². The van der Waals surface area contributed by atoms with Gasteiger partial charge in [0.2, 0.25) is 0 Å². The number of carbonyl (C=O) groups is 1. The number of fused-ring (bicyclic) bond motifs is 5. The van der Waals surface area contributed by atoms with Crippen LogP contribution in [0.1, 0.15) is 71.6 Å². The molecule has 1 heterocycles. The summed E-state index contributed by atoms with van der Waals surface area (Å²) >= 11 is 1.69. The van der Waals surface area contributed by atoms with Crippen LogP contribution in [0.15, 0.2) is 17.3 Å². The van der Waals surface area contributed by atoms with E-state index < -0.39 is 0 Å². The molecule has 0 aromatic carbocycles. The van der Waals surface area contributed by atoms with Gasteiger partial charge in [0, 0.05) is 24.1 Å². The number of methoxy groups -OCH3 is 1. The Morgan fingerprint density at radius 2 is 2.03 bits per heavy atom. The van der Waals surface area contributed by atoms with Gasteiger partial charge in [-0.3, -0.25) is 9.48 Å². The van der Waals surface area contributed by atoms with E-state index in [9.17, 15) is 4.79 Å². The first-order valence-corrected chi connectivity index (χ1v) is 14.2. The molecule has 8 atom stereocenters.